The van der Waals surface area contributed by atoms with E-state index in [-0.39, 0.29) is 17.9 Å². The molecule has 1 heterocycles. The summed E-state index contributed by atoms with van der Waals surface area (Å²) < 4.78 is 5.78. The molecular formula is C23H22N2O3. The van der Waals surface area contributed by atoms with Gasteiger partial charge >= 0.3 is 0 Å². The average Bonchev–Trinajstić information content (AvgIpc) is 3.40. The summed E-state index contributed by atoms with van der Waals surface area (Å²) in [5, 5.41) is 6.87. The second-order valence-electron chi connectivity index (χ2n) is 7.12. The number of fused-ring (bicyclic) bond motifs is 1. The Morgan fingerprint density at radius 1 is 1.11 bits per heavy atom. The molecule has 1 atom stereocenters. The molecule has 2 amide bonds. The highest BCUT2D eigenvalue weighted by Crippen LogP contribution is 2.23. The van der Waals surface area contributed by atoms with Gasteiger partial charge in [-0.2, -0.15) is 0 Å². The normalized spacial score (nSPS) is 14.9. The molecule has 1 unspecified atom stereocenters. The lowest BCUT2D eigenvalue weighted by Crippen LogP contribution is -2.25. The third kappa shape index (κ3) is 4.31. The van der Waals surface area contributed by atoms with E-state index in [4.69, 9.17) is 4.42 Å². The average molecular weight is 374 g/mol. The van der Waals surface area contributed by atoms with E-state index in [1.807, 2.05) is 49.4 Å². The van der Waals surface area contributed by atoms with Gasteiger partial charge in [0.1, 0.15) is 11.3 Å². The number of carbonyl (C=O) groups is 2. The maximum atomic E-state index is 12.2. The molecule has 0 spiro atoms. The number of hydrogen-bond acceptors (Lipinski definition) is 3. The summed E-state index contributed by atoms with van der Waals surface area (Å²) >= 11 is 0. The van der Waals surface area contributed by atoms with Crippen LogP contribution in [0.15, 0.2) is 65.1 Å². The largest absolute Gasteiger partial charge is 0.459 e. The minimum absolute atomic E-state index is 0.0459. The van der Waals surface area contributed by atoms with Gasteiger partial charge in [0.15, 0.2) is 0 Å². The summed E-state index contributed by atoms with van der Waals surface area (Å²) in [7, 11) is 0. The highest BCUT2D eigenvalue weighted by molar-refractivity contribution is 5.95. The lowest BCUT2D eigenvalue weighted by atomic mass is 10.1. The number of para-hydroxylation sites is 1. The molecule has 2 aromatic carbocycles. The third-order valence-electron chi connectivity index (χ3n) is 4.74. The molecule has 1 aromatic heterocycles. The Bertz CT molecular complexity index is 996. The first-order chi connectivity index (χ1) is 13.6. The van der Waals surface area contributed by atoms with Crippen LogP contribution in [-0.4, -0.2) is 17.9 Å². The number of nitrogens with one attached hydrogen (secondary N) is 2. The summed E-state index contributed by atoms with van der Waals surface area (Å²) in [5.41, 5.74) is 2.29. The van der Waals surface area contributed by atoms with Crippen molar-refractivity contribution in [2.24, 2.45) is 0 Å². The highest BCUT2D eigenvalue weighted by Gasteiger charge is 2.23. The van der Waals surface area contributed by atoms with Crippen LogP contribution in [0.5, 0.6) is 0 Å². The summed E-state index contributed by atoms with van der Waals surface area (Å²) in [6.45, 7) is 1.89. The predicted molar refractivity (Wildman–Crippen MR) is 109 cm³/mol. The van der Waals surface area contributed by atoms with Crippen LogP contribution in [0.4, 0.5) is 0 Å². The van der Waals surface area contributed by atoms with Crippen LogP contribution in [0.1, 0.15) is 47.5 Å². The van der Waals surface area contributed by atoms with Crippen LogP contribution in [0.3, 0.4) is 0 Å². The van der Waals surface area contributed by atoms with Crippen molar-refractivity contribution in [1.82, 2.24) is 10.6 Å². The van der Waals surface area contributed by atoms with Crippen LogP contribution in [0.2, 0.25) is 0 Å². The van der Waals surface area contributed by atoms with Crippen molar-refractivity contribution in [3.63, 3.8) is 0 Å². The molecule has 0 radical (unpaired) electrons. The first kappa shape index (κ1) is 18.0. The van der Waals surface area contributed by atoms with Gasteiger partial charge < -0.3 is 15.1 Å². The molecule has 1 saturated carbocycles. The summed E-state index contributed by atoms with van der Waals surface area (Å²) in [4.78, 5) is 24.2. The second kappa shape index (κ2) is 7.72. The van der Waals surface area contributed by atoms with Gasteiger partial charge in [-0.3, -0.25) is 9.59 Å². The zero-order valence-electron chi connectivity index (χ0n) is 15.6. The Hall–Kier alpha value is -3.34. The highest BCUT2D eigenvalue weighted by atomic mass is 16.3. The van der Waals surface area contributed by atoms with E-state index in [1.54, 1.807) is 18.2 Å². The molecule has 1 aliphatic rings. The van der Waals surface area contributed by atoms with Crippen molar-refractivity contribution in [2.45, 2.75) is 31.8 Å². The number of benzene rings is 2. The SMILES string of the molecule is CC(NC(=O)/C=C/c1ccc(C(=O)NC2CC2)cc1)c1cc2ccccc2o1. The standard InChI is InChI=1S/C23H22N2O3/c1-15(21-14-18-4-2-3-5-20(18)28-21)24-22(26)13-8-16-6-9-17(10-7-16)23(27)25-19-11-12-19/h2-10,13-15,19H,11-12H2,1H3,(H,24,26)(H,25,27)/b13-8+. The molecule has 3 aromatic rings. The smallest absolute Gasteiger partial charge is 0.251 e. The zero-order chi connectivity index (χ0) is 19.5. The number of carbonyl (C=O) groups excluding carboxylic acids is 2. The van der Waals surface area contributed by atoms with Crippen LogP contribution >= 0.6 is 0 Å². The monoisotopic (exact) mass is 374 g/mol. The molecule has 1 aliphatic carbocycles. The summed E-state index contributed by atoms with van der Waals surface area (Å²) in [6.07, 6.45) is 5.34. The van der Waals surface area contributed by atoms with Gasteiger partial charge in [-0.1, -0.05) is 30.3 Å². The molecule has 0 aliphatic heterocycles. The number of furan rings is 1. The maximum Gasteiger partial charge on any atom is 0.251 e. The van der Waals surface area contributed by atoms with Crippen LogP contribution in [0, 0.1) is 0 Å². The van der Waals surface area contributed by atoms with E-state index in [9.17, 15) is 9.59 Å². The van der Waals surface area contributed by atoms with Gasteiger partial charge in [0.2, 0.25) is 5.91 Å². The van der Waals surface area contributed by atoms with Gasteiger partial charge in [0.05, 0.1) is 6.04 Å². The molecule has 4 rings (SSSR count). The minimum atomic E-state index is -0.238. The van der Waals surface area contributed by atoms with E-state index < -0.39 is 0 Å². The molecule has 28 heavy (non-hydrogen) atoms. The molecule has 2 N–H and O–H groups in total. The molecular weight excluding hydrogens is 352 g/mol. The Labute approximate surface area is 163 Å². The number of hydrogen-bond donors (Lipinski definition) is 2. The van der Waals surface area contributed by atoms with Gasteiger partial charge in [0.25, 0.3) is 5.91 Å². The van der Waals surface area contributed by atoms with Gasteiger partial charge in [-0.25, -0.2) is 0 Å². The van der Waals surface area contributed by atoms with Crippen molar-refractivity contribution in [3.05, 3.63) is 77.6 Å². The van der Waals surface area contributed by atoms with Crippen molar-refractivity contribution >= 4 is 28.9 Å². The molecule has 0 bridgehead atoms. The lowest BCUT2D eigenvalue weighted by molar-refractivity contribution is -0.117. The Balaban J connectivity index is 1.34. The van der Waals surface area contributed by atoms with Gasteiger partial charge in [-0.05, 0) is 55.7 Å². The number of rotatable bonds is 6. The first-order valence-corrected chi connectivity index (χ1v) is 9.46. The third-order valence-corrected chi connectivity index (χ3v) is 4.74. The first-order valence-electron chi connectivity index (χ1n) is 9.46. The van der Waals surface area contributed by atoms with E-state index in [1.165, 1.54) is 6.08 Å². The Morgan fingerprint density at radius 2 is 1.86 bits per heavy atom. The Morgan fingerprint density at radius 3 is 2.57 bits per heavy atom. The van der Waals surface area contributed by atoms with Crippen molar-refractivity contribution in [1.29, 1.82) is 0 Å². The fourth-order valence-corrected chi connectivity index (χ4v) is 2.96. The van der Waals surface area contributed by atoms with E-state index in [0.717, 1.165) is 29.4 Å². The van der Waals surface area contributed by atoms with Crippen LogP contribution in [0.25, 0.3) is 17.0 Å². The summed E-state index contributed by atoms with van der Waals surface area (Å²) in [6, 6.07) is 17.0. The predicted octanol–water partition coefficient (Wildman–Crippen LogP) is 4.22. The molecule has 1 fully saturated rings. The van der Waals surface area contributed by atoms with Crippen molar-refractivity contribution < 1.29 is 14.0 Å². The molecule has 5 nitrogen and oxygen atoms in total. The van der Waals surface area contributed by atoms with Crippen molar-refractivity contribution in [3.8, 4) is 0 Å². The van der Waals surface area contributed by atoms with Crippen LogP contribution in [-0.2, 0) is 4.79 Å². The van der Waals surface area contributed by atoms with E-state index >= 15 is 0 Å². The Kier molecular flexibility index (Phi) is 4.98. The van der Waals surface area contributed by atoms with Crippen LogP contribution < -0.4 is 10.6 Å². The van der Waals surface area contributed by atoms with Gasteiger partial charge in [-0.15, -0.1) is 0 Å². The second-order valence-corrected chi connectivity index (χ2v) is 7.12. The molecule has 0 saturated heterocycles. The molecule has 5 heteroatoms. The maximum absolute atomic E-state index is 12.2. The fraction of sp³-hybridized carbons (Fsp3) is 0.217. The van der Waals surface area contributed by atoms with E-state index in [2.05, 4.69) is 10.6 Å². The van der Waals surface area contributed by atoms with E-state index in [0.29, 0.717) is 17.4 Å². The minimum Gasteiger partial charge on any atom is -0.459 e. The quantitative estimate of drug-likeness (QED) is 0.635. The topological polar surface area (TPSA) is 71.3 Å². The number of amides is 2. The van der Waals surface area contributed by atoms with Gasteiger partial charge in [0, 0.05) is 23.1 Å². The lowest BCUT2D eigenvalue weighted by Gasteiger charge is -2.09. The molecule has 142 valence electrons. The fourth-order valence-electron chi connectivity index (χ4n) is 2.96. The zero-order valence-corrected chi connectivity index (χ0v) is 15.6. The van der Waals surface area contributed by atoms with Crippen molar-refractivity contribution in [2.75, 3.05) is 0 Å². The summed E-state index contributed by atoms with van der Waals surface area (Å²) in [5.74, 6) is 0.466.